The second-order valence-electron chi connectivity index (χ2n) is 4.57. The van der Waals surface area contributed by atoms with Crippen molar-refractivity contribution in [2.75, 3.05) is 0 Å². The maximum Gasteiger partial charge on any atom is 0.106 e. The number of nitrogens with zero attached hydrogens (tertiary/aromatic N) is 2. The Kier molecular flexibility index (Phi) is 2.35. The highest BCUT2D eigenvalue weighted by atomic mass is 16.3. The molecule has 2 rings (SSSR count). The second kappa shape index (κ2) is 3.39. The lowest BCUT2D eigenvalue weighted by Crippen LogP contribution is -2.33. The largest absolute Gasteiger partial charge is 0.384 e. The van der Waals surface area contributed by atoms with Crippen LogP contribution in [-0.4, -0.2) is 14.9 Å². The van der Waals surface area contributed by atoms with E-state index in [1.54, 1.807) is 10.9 Å². The van der Waals surface area contributed by atoms with Crippen molar-refractivity contribution in [2.45, 2.75) is 38.2 Å². The van der Waals surface area contributed by atoms with E-state index < -0.39 is 5.60 Å². The number of aryl methyl sites for hydroxylation is 1. The average Bonchev–Trinajstić information content (AvgIpc) is 2.51. The number of aromatic nitrogens is 2. The van der Waals surface area contributed by atoms with Gasteiger partial charge < -0.3 is 5.11 Å². The normalized spacial score (nSPS) is 33.2. The van der Waals surface area contributed by atoms with Crippen molar-refractivity contribution < 1.29 is 5.11 Å². The average molecular weight is 194 g/mol. The first kappa shape index (κ1) is 9.71. The number of hydrogen-bond donors (Lipinski definition) is 1. The number of hydrogen-bond acceptors (Lipinski definition) is 2. The van der Waals surface area contributed by atoms with Crippen molar-refractivity contribution in [3.8, 4) is 0 Å². The van der Waals surface area contributed by atoms with Gasteiger partial charge in [-0.15, -0.1) is 0 Å². The predicted octanol–water partition coefficient (Wildman–Crippen LogP) is 1.82. The molecule has 0 bridgehead atoms. The molecular weight excluding hydrogens is 176 g/mol. The molecule has 0 radical (unpaired) electrons. The lowest BCUT2D eigenvalue weighted by Gasteiger charge is -2.35. The van der Waals surface area contributed by atoms with Crippen LogP contribution in [0.25, 0.3) is 0 Å². The Hall–Kier alpha value is -0.830. The van der Waals surface area contributed by atoms with Gasteiger partial charge in [-0.3, -0.25) is 4.68 Å². The molecular formula is C11H18N2O. The Balaban J connectivity index is 2.27. The molecule has 1 fully saturated rings. The van der Waals surface area contributed by atoms with Gasteiger partial charge in [0.05, 0.1) is 5.69 Å². The Morgan fingerprint density at radius 1 is 1.64 bits per heavy atom. The van der Waals surface area contributed by atoms with Crippen LogP contribution in [0.2, 0.25) is 0 Å². The van der Waals surface area contributed by atoms with E-state index in [1.807, 2.05) is 13.1 Å². The third-order valence-electron chi connectivity index (χ3n) is 3.27. The van der Waals surface area contributed by atoms with Crippen molar-refractivity contribution in [3.63, 3.8) is 0 Å². The highest BCUT2D eigenvalue weighted by Crippen LogP contribution is 2.39. The molecule has 1 aromatic heterocycles. The first-order valence-corrected chi connectivity index (χ1v) is 5.33. The minimum absolute atomic E-state index is 0.614. The summed E-state index contributed by atoms with van der Waals surface area (Å²) in [7, 11) is 1.90. The summed E-state index contributed by atoms with van der Waals surface area (Å²) in [5.74, 6) is 0.614. The Labute approximate surface area is 84.7 Å². The van der Waals surface area contributed by atoms with Crippen LogP contribution in [-0.2, 0) is 12.6 Å². The summed E-state index contributed by atoms with van der Waals surface area (Å²) < 4.78 is 1.79. The molecule has 1 heterocycles. The molecule has 2 unspecified atom stereocenters. The van der Waals surface area contributed by atoms with Gasteiger partial charge in [-0.2, -0.15) is 5.10 Å². The maximum atomic E-state index is 10.5. The van der Waals surface area contributed by atoms with Crippen molar-refractivity contribution >= 4 is 0 Å². The van der Waals surface area contributed by atoms with Crippen LogP contribution < -0.4 is 0 Å². The van der Waals surface area contributed by atoms with E-state index >= 15 is 0 Å². The zero-order valence-corrected chi connectivity index (χ0v) is 8.90. The highest BCUT2D eigenvalue weighted by molar-refractivity contribution is 5.12. The van der Waals surface area contributed by atoms with Gasteiger partial charge in [-0.1, -0.05) is 13.3 Å². The second-order valence-corrected chi connectivity index (χ2v) is 4.57. The molecule has 3 heteroatoms. The van der Waals surface area contributed by atoms with Gasteiger partial charge in [0, 0.05) is 13.2 Å². The van der Waals surface area contributed by atoms with E-state index in [-0.39, 0.29) is 0 Å². The molecule has 1 aliphatic rings. The molecule has 1 aromatic rings. The zero-order chi connectivity index (χ0) is 10.2. The summed E-state index contributed by atoms with van der Waals surface area (Å²) in [5, 5.41) is 14.6. The van der Waals surface area contributed by atoms with Gasteiger partial charge in [0.2, 0.25) is 0 Å². The van der Waals surface area contributed by atoms with Crippen LogP contribution in [0.1, 0.15) is 38.3 Å². The van der Waals surface area contributed by atoms with Gasteiger partial charge >= 0.3 is 0 Å². The summed E-state index contributed by atoms with van der Waals surface area (Å²) in [5.41, 5.74) is 0.326. The molecule has 0 spiro atoms. The number of rotatable bonds is 1. The monoisotopic (exact) mass is 194 g/mol. The van der Waals surface area contributed by atoms with Crippen LogP contribution in [0.4, 0.5) is 0 Å². The van der Waals surface area contributed by atoms with E-state index in [0.29, 0.717) is 5.92 Å². The van der Waals surface area contributed by atoms with Crippen LogP contribution in [0.15, 0.2) is 12.3 Å². The lowest BCUT2D eigenvalue weighted by atomic mass is 9.77. The Bertz CT molecular complexity index is 321. The molecule has 1 N–H and O–H groups in total. The van der Waals surface area contributed by atoms with E-state index in [0.717, 1.165) is 25.0 Å². The third kappa shape index (κ3) is 1.57. The van der Waals surface area contributed by atoms with Gasteiger partial charge in [-0.05, 0) is 31.2 Å². The molecule has 3 nitrogen and oxygen atoms in total. The van der Waals surface area contributed by atoms with Gasteiger partial charge in [0.1, 0.15) is 5.60 Å². The Morgan fingerprint density at radius 3 is 3.00 bits per heavy atom. The van der Waals surface area contributed by atoms with Crippen molar-refractivity contribution in [2.24, 2.45) is 13.0 Å². The predicted molar refractivity (Wildman–Crippen MR) is 54.7 cm³/mol. The summed E-state index contributed by atoms with van der Waals surface area (Å²) in [4.78, 5) is 0. The smallest absolute Gasteiger partial charge is 0.106 e. The zero-order valence-electron chi connectivity index (χ0n) is 8.90. The molecule has 0 saturated heterocycles. The lowest BCUT2D eigenvalue weighted by molar-refractivity contribution is -0.0246. The first-order valence-electron chi connectivity index (χ1n) is 5.33. The molecule has 0 aliphatic heterocycles. The first-order chi connectivity index (χ1) is 6.62. The fourth-order valence-corrected chi connectivity index (χ4v) is 2.59. The van der Waals surface area contributed by atoms with E-state index in [2.05, 4.69) is 12.0 Å². The molecule has 78 valence electrons. The van der Waals surface area contributed by atoms with Crippen molar-refractivity contribution in [3.05, 3.63) is 18.0 Å². The van der Waals surface area contributed by atoms with Gasteiger partial charge in [0.15, 0.2) is 0 Å². The standard InChI is InChI=1S/C11H18N2O/c1-9-4-3-6-11(14,8-9)10-5-7-12-13(10)2/h5,7,9,14H,3-4,6,8H2,1-2H3. The van der Waals surface area contributed by atoms with Crippen LogP contribution in [0.5, 0.6) is 0 Å². The molecule has 14 heavy (non-hydrogen) atoms. The summed E-state index contributed by atoms with van der Waals surface area (Å²) in [6, 6.07) is 1.93. The van der Waals surface area contributed by atoms with E-state index in [4.69, 9.17) is 0 Å². The van der Waals surface area contributed by atoms with Gasteiger partial charge in [0.25, 0.3) is 0 Å². The molecule has 0 aromatic carbocycles. The number of aliphatic hydroxyl groups is 1. The fourth-order valence-electron chi connectivity index (χ4n) is 2.59. The summed E-state index contributed by atoms with van der Waals surface area (Å²) in [6.45, 7) is 2.21. The van der Waals surface area contributed by atoms with Crippen molar-refractivity contribution in [1.29, 1.82) is 0 Å². The Morgan fingerprint density at radius 2 is 2.43 bits per heavy atom. The topological polar surface area (TPSA) is 38.1 Å². The molecule has 2 atom stereocenters. The summed E-state index contributed by atoms with van der Waals surface area (Å²) >= 11 is 0. The minimum Gasteiger partial charge on any atom is -0.384 e. The third-order valence-corrected chi connectivity index (χ3v) is 3.27. The summed E-state index contributed by atoms with van der Waals surface area (Å²) in [6.07, 6.45) is 5.85. The molecule has 1 aliphatic carbocycles. The minimum atomic E-state index is -0.636. The fraction of sp³-hybridized carbons (Fsp3) is 0.727. The highest BCUT2D eigenvalue weighted by Gasteiger charge is 2.36. The quantitative estimate of drug-likeness (QED) is 0.740. The van der Waals surface area contributed by atoms with E-state index in [9.17, 15) is 5.11 Å². The van der Waals surface area contributed by atoms with Crippen LogP contribution in [0.3, 0.4) is 0 Å². The molecule has 0 amide bonds. The van der Waals surface area contributed by atoms with E-state index in [1.165, 1.54) is 6.42 Å². The van der Waals surface area contributed by atoms with Crippen LogP contribution in [0, 0.1) is 5.92 Å². The molecule has 1 saturated carbocycles. The van der Waals surface area contributed by atoms with Crippen LogP contribution >= 0.6 is 0 Å². The SMILES string of the molecule is CC1CCCC(O)(c2ccnn2C)C1. The van der Waals surface area contributed by atoms with Gasteiger partial charge in [-0.25, -0.2) is 0 Å². The maximum absolute atomic E-state index is 10.5. The van der Waals surface area contributed by atoms with Crippen molar-refractivity contribution in [1.82, 2.24) is 9.78 Å².